The zero-order valence-corrected chi connectivity index (χ0v) is 51.7. The second-order valence-electron chi connectivity index (χ2n) is 20.1. The molecule has 11 rings (SSSR count). The van der Waals surface area contributed by atoms with Crippen molar-refractivity contribution in [1.82, 2.24) is 15.0 Å². The summed E-state index contributed by atoms with van der Waals surface area (Å²) >= 11 is 17.1. The third-order valence-corrected chi connectivity index (χ3v) is 29.5. The molecule has 0 amide bonds. The smallest absolute Gasteiger partial charge is 0.150 e. The number of rotatable bonds is 19. The van der Waals surface area contributed by atoms with E-state index in [2.05, 4.69) is 173 Å². The van der Waals surface area contributed by atoms with Gasteiger partial charge in [0.2, 0.25) is 0 Å². The maximum absolute atomic E-state index is 9.98. The number of aromatic nitrogens is 3. The van der Waals surface area contributed by atoms with E-state index >= 15 is 0 Å². The van der Waals surface area contributed by atoms with Crippen LogP contribution in [0.4, 0.5) is 0 Å². The zero-order valence-electron chi connectivity index (χ0n) is 48.4. The molecule has 0 radical (unpaired) electrons. The van der Waals surface area contributed by atoms with Crippen LogP contribution in [-0.2, 0) is 12.3 Å². The van der Waals surface area contributed by atoms with Gasteiger partial charge in [0, 0.05) is 53.9 Å². The van der Waals surface area contributed by atoms with Crippen molar-refractivity contribution in [1.29, 1.82) is 0 Å². The van der Waals surface area contributed by atoms with Gasteiger partial charge in [0.1, 0.15) is 17.8 Å². The molecule has 0 aliphatic rings. The minimum absolute atomic E-state index is 0.505. The maximum Gasteiger partial charge on any atom is 0.150 e. The summed E-state index contributed by atoms with van der Waals surface area (Å²) < 4.78 is 23.8. The molecule has 11 aromatic rings. The molecular formula is C74H67Cl2N3O5P2. The summed E-state index contributed by atoms with van der Waals surface area (Å²) in [6.07, 6.45) is 20.1. The third kappa shape index (κ3) is 13.4. The van der Waals surface area contributed by atoms with Gasteiger partial charge in [0.25, 0.3) is 0 Å². The predicted octanol–water partition coefficient (Wildman–Crippen LogP) is 15.8. The molecule has 0 atom stereocenters. The number of hydrogen-bond acceptors (Lipinski definition) is 8. The van der Waals surface area contributed by atoms with Crippen molar-refractivity contribution in [2.24, 2.45) is 0 Å². The van der Waals surface area contributed by atoms with Crippen LogP contribution < -0.4 is 50.8 Å². The predicted molar refractivity (Wildman–Crippen MR) is 364 cm³/mol. The van der Waals surface area contributed by atoms with E-state index in [1.54, 1.807) is 77.8 Å². The van der Waals surface area contributed by atoms with Gasteiger partial charge in [-0.15, -0.1) is 0 Å². The van der Waals surface area contributed by atoms with Crippen LogP contribution in [-0.4, -0.2) is 49.7 Å². The number of methoxy groups -OCH3 is 4. The number of aldehydes is 1. The van der Waals surface area contributed by atoms with E-state index in [1.807, 2.05) is 97.1 Å². The molecule has 0 fully saturated rings. The zero-order chi connectivity index (χ0) is 60.1. The van der Waals surface area contributed by atoms with Crippen LogP contribution in [0.2, 0.25) is 0 Å². The molecule has 432 valence electrons. The van der Waals surface area contributed by atoms with Gasteiger partial charge in [0.15, 0.2) is 0 Å². The van der Waals surface area contributed by atoms with Gasteiger partial charge >= 0.3 is 319 Å². The van der Waals surface area contributed by atoms with E-state index in [-0.39, 0.29) is 0 Å². The summed E-state index contributed by atoms with van der Waals surface area (Å²) in [5, 5.41) is 6.50. The fourth-order valence-electron chi connectivity index (χ4n) is 10.8. The first-order chi connectivity index (χ1) is 42.1. The molecule has 3 heterocycles. The van der Waals surface area contributed by atoms with E-state index in [0.717, 1.165) is 94.5 Å². The summed E-state index contributed by atoms with van der Waals surface area (Å²) in [7, 11) is 6.81. The first-order valence-corrected chi connectivity index (χ1v) is 34.5. The topological polar surface area (TPSA) is 92.7 Å². The molecule has 0 aliphatic heterocycles. The number of halogens is 2. The Bertz CT molecular complexity index is 3550. The van der Waals surface area contributed by atoms with Crippen molar-refractivity contribution in [3.63, 3.8) is 0 Å². The Labute approximate surface area is 514 Å². The van der Waals surface area contributed by atoms with Crippen molar-refractivity contribution in [3.05, 3.63) is 319 Å². The number of benzene rings is 8. The Morgan fingerprint density at radius 2 is 0.570 bits per heavy atom. The molecule has 8 aromatic carbocycles. The molecule has 12 heteroatoms. The second-order valence-corrected chi connectivity index (χ2v) is 33.1. The number of carbonyl (C=O) groups is 1. The molecular weight excluding hydrogens is 1140 g/mol. The number of ether oxygens (including phenoxy) is 4. The molecule has 0 unspecified atom stereocenters. The molecule has 0 bridgehead atoms. The van der Waals surface area contributed by atoms with E-state index in [4.69, 9.17) is 41.4 Å². The largest absolute Gasteiger partial charge is 0.298 e. The van der Waals surface area contributed by atoms with E-state index in [1.165, 1.54) is 0 Å². The molecule has 0 aliphatic carbocycles. The van der Waals surface area contributed by atoms with Crippen molar-refractivity contribution < 1.29 is 23.7 Å². The van der Waals surface area contributed by atoms with Crippen LogP contribution in [0, 0.1) is 0 Å². The second kappa shape index (κ2) is 28.7. The van der Waals surface area contributed by atoms with Gasteiger partial charge in [-0.25, -0.2) is 0 Å². The fourth-order valence-corrected chi connectivity index (χ4v) is 23.0. The number of nitrogens with zero attached hydrogens (tertiary/aromatic N) is 3. The Balaban J connectivity index is 0.000000214. The summed E-state index contributed by atoms with van der Waals surface area (Å²) in [6.45, 7) is 0. The molecule has 0 N–H and O–H groups in total. The van der Waals surface area contributed by atoms with Crippen molar-refractivity contribution >= 4 is 96.8 Å². The Morgan fingerprint density at radius 1 is 0.326 bits per heavy atom. The molecule has 86 heavy (non-hydrogen) atoms. The minimum Gasteiger partial charge on any atom is -0.298 e. The molecule has 8 nitrogen and oxygen atoms in total. The Hall–Kier alpha value is -9.00. The summed E-state index contributed by atoms with van der Waals surface area (Å²) in [4.78, 5) is 21.8. The van der Waals surface area contributed by atoms with E-state index in [0.29, 0.717) is 17.9 Å². The third-order valence-electron chi connectivity index (χ3n) is 15.1. The average Bonchev–Trinajstić information content (AvgIpc) is 0.733. The van der Waals surface area contributed by atoms with Gasteiger partial charge in [0.05, 0.1) is 14.2 Å². The summed E-state index contributed by atoms with van der Waals surface area (Å²) in [6, 6.07) is 82.5. The fraction of sp³-hybridized carbons (Fsp3) is 0.0811. The van der Waals surface area contributed by atoms with E-state index < -0.39 is 11.9 Å². The first-order valence-electron chi connectivity index (χ1n) is 27.9. The number of pyridine rings is 3. The summed E-state index contributed by atoms with van der Waals surface area (Å²) in [5.41, 5.74) is 6.62. The van der Waals surface area contributed by atoms with Crippen molar-refractivity contribution in [2.75, 3.05) is 28.4 Å². The van der Waals surface area contributed by atoms with Crippen LogP contribution in [0.1, 0.15) is 43.7 Å². The molecule has 0 spiro atoms. The SMILES string of the molecule is COc1cc(/C=C/c2ccncc2)c(OC)cc1/C=C/c1ccncc1.COc1cc(CP(Cl)(c2ccccc2)(c2ccccc2)c2ccccc2)c(OC)cc1CP(Cl)(c1ccccc1)(c1ccccc1)c1ccccc1.O=Cc1ccncc1. The molecule has 0 saturated carbocycles. The quantitative estimate of drug-likeness (QED) is 0.0584. The van der Waals surface area contributed by atoms with Crippen molar-refractivity contribution in [3.8, 4) is 23.0 Å². The number of carbonyl (C=O) groups excluding carboxylic acids is 1. The first kappa shape index (κ1) is 61.6. The van der Waals surface area contributed by atoms with Gasteiger partial charge in [-0.3, -0.25) is 19.7 Å². The molecule has 0 saturated heterocycles. The Kier molecular flexibility index (Phi) is 20.6. The van der Waals surface area contributed by atoms with Gasteiger partial charge in [-0.05, 0) is 59.7 Å². The van der Waals surface area contributed by atoms with Crippen LogP contribution in [0.15, 0.2) is 280 Å². The van der Waals surface area contributed by atoms with Crippen LogP contribution in [0.5, 0.6) is 23.0 Å². The summed E-state index contributed by atoms with van der Waals surface area (Å²) in [5.74, 6) is -4.35. The van der Waals surface area contributed by atoms with Gasteiger partial charge < -0.3 is 9.47 Å². The standard InChI is InChI=1S/C46H42Cl2O2P2.C22H20N2O2.C6H5NO/c1-49-45-33-38(36-52(48,42-27-15-6-16-28-42,43-29-17-7-18-30-43)44-31-19-8-20-32-44)46(50-2)34-37(45)35-51(47,39-21-9-3-10-22-39,40-23-11-4-12-24-40)41-25-13-5-14-26-41;1-25-21-15-20(6-4-18-9-13-24-14-10-18)22(26-2)16-19(21)5-3-17-7-11-23-12-8-17;8-5-6-1-3-7-4-2-6/h3-34H,35-36H2,1-2H3;3-16H,1-2H3;1-5H/b;5-3+,6-4+;. The van der Waals surface area contributed by atoms with Crippen molar-refractivity contribution in [2.45, 2.75) is 12.3 Å². The van der Waals surface area contributed by atoms with E-state index in [9.17, 15) is 4.79 Å². The van der Waals surface area contributed by atoms with Crippen LogP contribution in [0.25, 0.3) is 24.3 Å². The average molecular weight is 1210 g/mol. The normalized spacial score (nSPS) is 12.2. The van der Waals surface area contributed by atoms with Gasteiger partial charge in [-0.1, -0.05) is 24.3 Å². The molecule has 3 aromatic heterocycles. The van der Waals surface area contributed by atoms with Gasteiger partial charge in [-0.2, -0.15) is 0 Å². The van der Waals surface area contributed by atoms with Crippen LogP contribution >= 0.6 is 34.4 Å². The minimum atomic E-state index is -3.70. The Morgan fingerprint density at radius 3 is 0.791 bits per heavy atom. The van der Waals surface area contributed by atoms with Crippen LogP contribution in [0.3, 0.4) is 0 Å². The monoisotopic (exact) mass is 1210 g/mol. The number of hydrogen-bond donors (Lipinski definition) is 0. The maximum atomic E-state index is 9.98.